The van der Waals surface area contributed by atoms with E-state index >= 15 is 0 Å². The number of thioether (sulfide) groups is 1. The molecular weight excluding hydrogens is 408 g/mol. The van der Waals surface area contributed by atoms with Gasteiger partial charge in [-0.3, -0.25) is 9.36 Å². The predicted octanol–water partition coefficient (Wildman–Crippen LogP) is 5.04. The van der Waals surface area contributed by atoms with Gasteiger partial charge in [0.05, 0.1) is 22.3 Å². The Morgan fingerprint density at radius 2 is 1.74 bits per heavy atom. The summed E-state index contributed by atoms with van der Waals surface area (Å²) in [4.78, 5) is 22.5. The van der Waals surface area contributed by atoms with Crippen molar-refractivity contribution in [3.63, 3.8) is 0 Å². The molecule has 31 heavy (non-hydrogen) atoms. The van der Waals surface area contributed by atoms with E-state index in [2.05, 4.69) is 10.1 Å². The van der Waals surface area contributed by atoms with Crippen LogP contribution in [0.25, 0.3) is 28.0 Å². The predicted molar refractivity (Wildman–Crippen MR) is 121 cm³/mol. The van der Waals surface area contributed by atoms with Crippen LogP contribution >= 0.6 is 11.8 Å². The number of aromatic nitrogens is 4. The molecule has 0 atom stereocenters. The summed E-state index contributed by atoms with van der Waals surface area (Å²) in [6, 6.07) is 24.8. The summed E-state index contributed by atoms with van der Waals surface area (Å²) in [7, 11) is 0. The van der Waals surface area contributed by atoms with E-state index in [0.717, 1.165) is 16.8 Å². The molecule has 0 aliphatic carbocycles. The van der Waals surface area contributed by atoms with E-state index in [-0.39, 0.29) is 5.56 Å². The molecule has 5 rings (SSSR count). The maximum atomic E-state index is 13.2. The minimum absolute atomic E-state index is 0.104. The zero-order valence-corrected chi connectivity index (χ0v) is 17.5. The highest BCUT2D eigenvalue weighted by Crippen LogP contribution is 2.25. The third kappa shape index (κ3) is 3.87. The van der Waals surface area contributed by atoms with Crippen LogP contribution in [0.1, 0.15) is 11.4 Å². The monoisotopic (exact) mass is 426 g/mol. The molecule has 0 radical (unpaired) electrons. The molecule has 152 valence electrons. The van der Waals surface area contributed by atoms with Gasteiger partial charge in [-0.25, -0.2) is 4.98 Å². The molecule has 0 amide bonds. The minimum atomic E-state index is -0.104. The highest BCUT2D eigenvalue weighted by molar-refractivity contribution is 7.98. The molecule has 0 aliphatic heterocycles. The molecule has 6 nitrogen and oxygen atoms in total. The molecule has 0 bridgehead atoms. The average Bonchev–Trinajstić information content (AvgIpc) is 3.28. The van der Waals surface area contributed by atoms with Gasteiger partial charge in [-0.15, -0.1) is 0 Å². The van der Waals surface area contributed by atoms with Crippen LogP contribution < -0.4 is 5.56 Å². The van der Waals surface area contributed by atoms with E-state index in [4.69, 9.17) is 9.51 Å². The number of nitrogens with zero attached hydrogens (tertiary/aromatic N) is 4. The van der Waals surface area contributed by atoms with Crippen molar-refractivity contribution < 1.29 is 4.52 Å². The number of para-hydroxylation sites is 2. The van der Waals surface area contributed by atoms with Gasteiger partial charge in [0.15, 0.2) is 11.0 Å². The molecule has 2 heterocycles. The summed E-state index contributed by atoms with van der Waals surface area (Å²) in [5.74, 6) is 1.45. The summed E-state index contributed by atoms with van der Waals surface area (Å²) in [5.41, 5.74) is 3.33. The summed E-state index contributed by atoms with van der Waals surface area (Å²) in [6.07, 6.45) is 0. The first-order chi connectivity index (χ1) is 15.2. The maximum absolute atomic E-state index is 13.2. The van der Waals surface area contributed by atoms with Crippen molar-refractivity contribution in [2.45, 2.75) is 17.8 Å². The van der Waals surface area contributed by atoms with E-state index < -0.39 is 0 Å². The van der Waals surface area contributed by atoms with Crippen LogP contribution in [-0.2, 0) is 5.75 Å². The lowest BCUT2D eigenvalue weighted by molar-refractivity contribution is 0.425. The number of fused-ring (bicyclic) bond motifs is 1. The largest absolute Gasteiger partial charge is 0.334 e. The van der Waals surface area contributed by atoms with Crippen LogP contribution in [0.5, 0.6) is 0 Å². The van der Waals surface area contributed by atoms with Crippen molar-refractivity contribution in [1.82, 2.24) is 19.7 Å². The summed E-state index contributed by atoms with van der Waals surface area (Å²) >= 11 is 1.40. The number of hydrogen-bond donors (Lipinski definition) is 0. The topological polar surface area (TPSA) is 73.8 Å². The van der Waals surface area contributed by atoms with E-state index in [1.807, 2.05) is 79.7 Å². The number of aryl methyl sites for hydroxylation is 1. The van der Waals surface area contributed by atoms with Gasteiger partial charge in [0.2, 0.25) is 0 Å². The zero-order chi connectivity index (χ0) is 21.2. The van der Waals surface area contributed by atoms with Crippen molar-refractivity contribution in [2.75, 3.05) is 0 Å². The lowest BCUT2D eigenvalue weighted by Gasteiger charge is -2.12. The van der Waals surface area contributed by atoms with Crippen LogP contribution in [0.15, 0.2) is 93.3 Å². The minimum Gasteiger partial charge on any atom is -0.334 e. The second kappa shape index (κ2) is 8.20. The van der Waals surface area contributed by atoms with E-state index in [0.29, 0.717) is 33.5 Å². The molecule has 7 heteroatoms. The lowest BCUT2D eigenvalue weighted by atomic mass is 10.1. The zero-order valence-electron chi connectivity index (χ0n) is 16.7. The Kier molecular flexibility index (Phi) is 5.09. The Balaban J connectivity index is 1.50. The number of rotatable bonds is 5. The normalized spacial score (nSPS) is 11.1. The summed E-state index contributed by atoms with van der Waals surface area (Å²) < 4.78 is 7.07. The highest BCUT2D eigenvalue weighted by Gasteiger charge is 2.15. The second-order valence-corrected chi connectivity index (χ2v) is 8.00. The molecule has 0 unspecified atom stereocenters. The fourth-order valence-corrected chi connectivity index (χ4v) is 4.21. The Morgan fingerprint density at radius 3 is 2.58 bits per heavy atom. The van der Waals surface area contributed by atoms with Gasteiger partial charge in [0.1, 0.15) is 0 Å². The first-order valence-corrected chi connectivity index (χ1v) is 10.8. The lowest BCUT2D eigenvalue weighted by Crippen LogP contribution is -2.21. The molecule has 3 aromatic carbocycles. The van der Waals surface area contributed by atoms with Gasteiger partial charge in [0.25, 0.3) is 11.4 Å². The van der Waals surface area contributed by atoms with Crippen LogP contribution in [0, 0.1) is 6.92 Å². The second-order valence-electron chi connectivity index (χ2n) is 7.06. The molecule has 0 aliphatic rings. The van der Waals surface area contributed by atoms with Crippen LogP contribution in [0.2, 0.25) is 0 Å². The van der Waals surface area contributed by atoms with Gasteiger partial charge >= 0.3 is 0 Å². The molecule has 0 saturated carbocycles. The first kappa shape index (κ1) is 19.3. The average molecular weight is 427 g/mol. The maximum Gasteiger partial charge on any atom is 0.266 e. The summed E-state index contributed by atoms with van der Waals surface area (Å²) in [6.45, 7) is 2.02. The molecule has 0 N–H and O–H groups in total. The number of benzene rings is 3. The fourth-order valence-electron chi connectivity index (χ4n) is 3.35. The molecule has 5 aromatic rings. The van der Waals surface area contributed by atoms with Crippen LogP contribution in [0.3, 0.4) is 0 Å². The van der Waals surface area contributed by atoms with Crippen molar-refractivity contribution in [1.29, 1.82) is 0 Å². The molecular formula is C24H18N4O2S. The van der Waals surface area contributed by atoms with Gasteiger partial charge in [-0.2, -0.15) is 4.98 Å². The van der Waals surface area contributed by atoms with Gasteiger partial charge < -0.3 is 4.52 Å². The first-order valence-electron chi connectivity index (χ1n) is 9.79. The Morgan fingerprint density at radius 1 is 0.935 bits per heavy atom. The highest BCUT2D eigenvalue weighted by atomic mass is 32.2. The Labute approximate surface area is 182 Å². The summed E-state index contributed by atoms with van der Waals surface area (Å²) in [5, 5.41) is 5.26. The third-order valence-electron chi connectivity index (χ3n) is 4.82. The van der Waals surface area contributed by atoms with Crippen molar-refractivity contribution in [2.24, 2.45) is 0 Å². The smallest absolute Gasteiger partial charge is 0.266 e. The van der Waals surface area contributed by atoms with Crippen LogP contribution in [-0.4, -0.2) is 19.7 Å². The SMILES string of the molecule is Cc1cccc(-c2nc(CSc3nc4ccccc4c(=O)n3-c3ccccc3)no2)c1. The molecule has 0 saturated heterocycles. The van der Waals surface area contributed by atoms with E-state index in [9.17, 15) is 4.79 Å². The molecule has 0 spiro atoms. The van der Waals surface area contributed by atoms with E-state index in [1.165, 1.54) is 11.8 Å². The van der Waals surface area contributed by atoms with Crippen molar-refractivity contribution in [3.8, 4) is 17.1 Å². The van der Waals surface area contributed by atoms with Gasteiger partial charge in [-0.05, 0) is 43.3 Å². The molecule has 0 fully saturated rings. The quantitative estimate of drug-likeness (QED) is 0.290. The number of hydrogen-bond acceptors (Lipinski definition) is 6. The van der Waals surface area contributed by atoms with E-state index in [1.54, 1.807) is 10.6 Å². The Hall–Kier alpha value is -3.71. The Bertz CT molecular complexity index is 1430. The fraction of sp³-hybridized carbons (Fsp3) is 0.0833. The standard InChI is InChI=1S/C24H18N4O2S/c1-16-8-7-9-17(14-16)22-26-21(27-30-22)15-31-24-25-20-13-6-5-12-19(20)23(29)28(24)18-10-3-2-4-11-18/h2-14H,15H2,1H3. The van der Waals surface area contributed by atoms with Crippen LogP contribution in [0.4, 0.5) is 0 Å². The third-order valence-corrected chi connectivity index (χ3v) is 5.76. The van der Waals surface area contributed by atoms with Crippen molar-refractivity contribution in [3.05, 3.63) is 101 Å². The van der Waals surface area contributed by atoms with Gasteiger partial charge in [-0.1, -0.05) is 64.9 Å². The molecule has 2 aromatic heterocycles. The van der Waals surface area contributed by atoms with Crippen molar-refractivity contribution >= 4 is 22.7 Å². The van der Waals surface area contributed by atoms with Gasteiger partial charge in [0, 0.05) is 5.56 Å².